The van der Waals surface area contributed by atoms with Crippen molar-refractivity contribution in [1.82, 2.24) is 0 Å². The summed E-state index contributed by atoms with van der Waals surface area (Å²) in [6.45, 7) is 8.30. The minimum Gasteiger partial charge on any atom is -0.494 e. The molecule has 3 nitrogen and oxygen atoms in total. The van der Waals surface area contributed by atoms with Gasteiger partial charge >= 0.3 is 0 Å². The molecule has 0 radical (unpaired) electrons. The molecule has 1 heterocycles. The lowest BCUT2D eigenvalue weighted by molar-refractivity contribution is 0.0477. The summed E-state index contributed by atoms with van der Waals surface area (Å²) in [6, 6.07) is 8.12. The fourth-order valence-corrected chi connectivity index (χ4v) is 1.93. The quantitative estimate of drug-likeness (QED) is 0.477. The standard InChI is InChI=1S/C17H24O3/c1-14(2)15-7-9-16(10-8-15)18-11-5-3-4-6-12-19-17-13-20-17/h7-10,17H,1,3-6,11-13H2,2H3. The molecular weight excluding hydrogens is 252 g/mol. The Morgan fingerprint density at radius 3 is 2.40 bits per heavy atom. The Morgan fingerprint density at radius 1 is 1.15 bits per heavy atom. The van der Waals surface area contributed by atoms with E-state index in [1.807, 2.05) is 19.1 Å². The molecule has 20 heavy (non-hydrogen) atoms. The highest BCUT2D eigenvalue weighted by Gasteiger charge is 2.22. The van der Waals surface area contributed by atoms with Gasteiger partial charge in [0, 0.05) is 6.61 Å². The van der Waals surface area contributed by atoms with Gasteiger partial charge in [-0.05, 0) is 43.9 Å². The summed E-state index contributed by atoms with van der Waals surface area (Å²) in [4.78, 5) is 0. The van der Waals surface area contributed by atoms with Crippen LogP contribution in [0.4, 0.5) is 0 Å². The highest BCUT2D eigenvalue weighted by molar-refractivity contribution is 5.61. The van der Waals surface area contributed by atoms with Gasteiger partial charge in [-0.2, -0.15) is 0 Å². The zero-order valence-electron chi connectivity index (χ0n) is 12.3. The number of benzene rings is 1. The maximum atomic E-state index is 5.71. The number of unbranched alkanes of at least 4 members (excludes halogenated alkanes) is 3. The van der Waals surface area contributed by atoms with Crippen LogP contribution in [-0.4, -0.2) is 26.1 Å². The lowest BCUT2D eigenvalue weighted by atomic mass is 10.1. The molecule has 0 N–H and O–H groups in total. The molecule has 1 aromatic carbocycles. The summed E-state index contributed by atoms with van der Waals surface area (Å²) in [5.74, 6) is 0.934. The molecule has 1 saturated heterocycles. The van der Waals surface area contributed by atoms with Gasteiger partial charge in [-0.15, -0.1) is 0 Å². The van der Waals surface area contributed by atoms with Crippen LogP contribution in [0.15, 0.2) is 30.8 Å². The molecule has 1 aromatic rings. The second-order valence-electron chi connectivity index (χ2n) is 5.20. The zero-order chi connectivity index (χ0) is 14.2. The van der Waals surface area contributed by atoms with E-state index in [9.17, 15) is 0 Å². The molecule has 1 unspecified atom stereocenters. The Labute approximate surface area is 121 Å². The maximum absolute atomic E-state index is 5.71. The van der Waals surface area contributed by atoms with E-state index in [1.165, 1.54) is 12.8 Å². The van der Waals surface area contributed by atoms with Crippen molar-refractivity contribution in [3.63, 3.8) is 0 Å². The Kier molecular flexibility index (Phi) is 6.09. The Balaban J connectivity index is 1.48. The fraction of sp³-hybridized carbons (Fsp3) is 0.529. The molecule has 0 spiro atoms. The molecule has 3 heteroatoms. The van der Waals surface area contributed by atoms with E-state index in [0.717, 1.165) is 49.5 Å². The number of epoxide rings is 1. The smallest absolute Gasteiger partial charge is 0.181 e. The van der Waals surface area contributed by atoms with Gasteiger partial charge in [0.15, 0.2) is 6.29 Å². The van der Waals surface area contributed by atoms with E-state index in [4.69, 9.17) is 14.2 Å². The third-order valence-corrected chi connectivity index (χ3v) is 3.26. The van der Waals surface area contributed by atoms with E-state index in [1.54, 1.807) is 0 Å². The highest BCUT2D eigenvalue weighted by atomic mass is 16.8. The molecular formula is C17H24O3. The normalized spacial score (nSPS) is 16.9. The number of hydrogen-bond acceptors (Lipinski definition) is 3. The molecule has 1 fully saturated rings. The van der Waals surface area contributed by atoms with Gasteiger partial charge in [0.05, 0.1) is 6.61 Å². The van der Waals surface area contributed by atoms with Gasteiger partial charge < -0.3 is 14.2 Å². The van der Waals surface area contributed by atoms with Crippen LogP contribution in [0.3, 0.4) is 0 Å². The molecule has 1 atom stereocenters. The number of hydrogen-bond donors (Lipinski definition) is 0. The van der Waals surface area contributed by atoms with Crippen LogP contribution >= 0.6 is 0 Å². The fourth-order valence-electron chi connectivity index (χ4n) is 1.93. The molecule has 2 rings (SSSR count). The zero-order valence-corrected chi connectivity index (χ0v) is 12.3. The average molecular weight is 276 g/mol. The minimum absolute atomic E-state index is 0.0977. The SMILES string of the molecule is C=C(C)c1ccc(OCCCCCCOC2CO2)cc1. The average Bonchev–Trinajstić information content (AvgIpc) is 3.26. The van der Waals surface area contributed by atoms with Crippen molar-refractivity contribution < 1.29 is 14.2 Å². The van der Waals surface area contributed by atoms with Crippen molar-refractivity contribution in [2.75, 3.05) is 19.8 Å². The molecule has 1 aliphatic rings. The van der Waals surface area contributed by atoms with Crippen molar-refractivity contribution in [3.05, 3.63) is 36.4 Å². The van der Waals surface area contributed by atoms with E-state index >= 15 is 0 Å². The Morgan fingerprint density at radius 2 is 1.80 bits per heavy atom. The largest absolute Gasteiger partial charge is 0.494 e. The minimum atomic E-state index is 0.0977. The van der Waals surface area contributed by atoms with Crippen LogP contribution in [-0.2, 0) is 9.47 Å². The first-order valence-corrected chi connectivity index (χ1v) is 7.37. The van der Waals surface area contributed by atoms with Crippen molar-refractivity contribution in [2.45, 2.75) is 38.9 Å². The summed E-state index contributed by atoms with van der Waals surface area (Å²) in [7, 11) is 0. The number of ether oxygens (including phenoxy) is 3. The Hall–Kier alpha value is -1.32. The second kappa shape index (κ2) is 8.08. The topological polar surface area (TPSA) is 31.0 Å². The first kappa shape index (κ1) is 15.1. The van der Waals surface area contributed by atoms with Gasteiger partial charge in [0.2, 0.25) is 0 Å². The van der Waals surface area contributed by atoms with Gasteiger partial charge in [-0.3, -0.25) is 0 Å². The lowest BCUT2D eigenvalue weighted by Gasteiger charge is -2.07. The highest BCUT2D eigenvalue weighted by Crippen LogP contribution is 2.17. The van der Waals surface area contributed by atoms with E-state index in [0.29, 0.717) is 0 Å². The van der Waals surface area contributed by atoms with Gasteiger partial charge in [0.25, 0.3) is 0 Å². The summed E-state index contributed by atoms with van der Waals surface area (Å²) >= 11 is 0. The van der Waals surface area contributed by atoms with E-state index in [2.05, 4.69) is 18.7 Å². The van der Waals surface area contributed by atoms with Crippen LogP contribution in [0.2, 0.25) is 0 Å². The predicted octanol–water partition coefficient (Wildman–Crippen LogP) is 4.03. The predicted molar refractivity (Wildman–Crippen MR) is 80.8 cm³/mol. The Bertz CT molecular complexity index is 407. The van der Waals surface area contributed by atoms with Crippen LogP contribution in [0, 0.1) is 0 Å². The van der Waals surface area contributed by atoms with Gasteiger partial charge in [-0.1, -0.05) is 30.7 Å². The summed E-state index contributed by atoms with van der Waals surface area (Å²) < 4.78 is 16.1. The molecule has 110 valence electrons. The number of rotatable bonds is 10. The first-order chi connectivity index (χ1) is 9.75. The number of allylic oxidation sites excluding steroid dienone is 1. The molecule has 1 aliphatic heterocycles. The summed E-state index contributed by atoms with van der Waals surface area (Å²) in [5, 5.41) is 0. The summed E-state index contributed by atoms with van der Waals surface area (Å²) in [5.41, 5.74) is 2.24. The summed E-state index contributed by atoms with van der Waals surface area (Å²) in [6.07, 6.45) is 4.65. The third-order valence-electron chi connectivity index (χ3n) is 3.26. The first-order valence-electron chi connectivity index (χ1n) is 7.37. The van der Waals surface area contributed by atoms with Gasteiger partial charge in [-0.25, -0.2) is 0 Å². The van der Waals surface area contributed by atoms with Crippen LogP contribution in [0.5, 0.6) is 5.75 Å². The molecule has 0 aromatic heterocycles. The van der Waals surface area contributed by atoms with Crippen molar-refractivity contribution >= 4 is 5.57 Å². The van der Waals surface area contributed by atoms with Crippen LogP contribution in [0.1, 0.15) is 38.2 Å². The molecule has 0 saturated carbocycles. The monoisotopic (exact) mass is 276 g/mol. The van der Waals surface area contributed by atoms with E-state index < -0.39 is 0 Å². The molecule has 0 amide bonds. The molecule has 0 bridgehead atoms. The van der Waals surface area contributed by atoms with Crippen LogP contribution < -0.4 is 4.74 Å². The van der Waals surface area contributed by atoms with Crippen molar-refractivity contribution in [2.24, 2.45) is 0 Å². The van der Waals surface area contributed by atoms with Crippen LogP contribution in [0.25, 0.3) is 5.57 Å². The molecule has 0 aliphatic carbocycles. The van der Waals surface area contributed by atoms with Crippen molar-refractivity contribution in [3.8, 4) is 5.75 Å². The van der Waals surface area contributed by atoms with E-state index in [-0.39, 0.29) is 6.29 Å². The van der Waals surface area contributed by atoms with Gasteiger partial charge in [0.1, 0.15) is 12.4 Å². The van der Waals surface area contributed by atoms with Crippen molar-refractivity contribution in [1.29, 1.82) is 0 Å². The maximum Gasteiger partial charge on any atom is 0.181 e. The third kappa shape index (κ3) is 5.76. The lowest BCUT2D eigenvalue weighted by Crippen LogP contribution is -1.99. The second-order valence-corrected chi connectivity index (χ2v) is 5.20.